The van der Waals surface area contributed by atoms with E-state index in [1.54, 1.807) is 19.2 Å². The number of methoxy groups -OCH3 is 1. The van der Waals surface area contributed by atoms with Gasteiger partial charge in [-0.25, -0.2) is 4.39 Å². The molecule has 1 aliphatic carbocycles. The van der Waals surface area contributed by atoms with Crippen LogP contribution in [0.4, 0.5) is 10.1 Å². The Morgan fingerprint density at radius 1 is 1.27 bits per heavy atom. The summed E-state index contributed by atoms with van der Waals surface area (Å²) in [6.45, 7) is 0.519. The molecule has 1 saturated carbocycles. The fourth-order valence-corrected chi connectivity index (χ4v) is 2.70. The molecule has 1 fully saturated rings. The van der Waals surface area contributed by atoms with Crippen LogP contribution in [0.5, 0.6) is 0 Å². The SMILES string of the molecule is COCc1cccc(NC(=O)C2CC2c2ccc(F)cc2)c1. The molecular formula is C18H18FNO2. The van der Waals surface area contributed by atoms with Gasteiger partial charge in [-0.15, -0.1) is 0 Å². The van der Waals surface area contributed by atoms with Gasteiger partial charge in [0.1, 0.15) is 5.82 Å². The van der Waals surface area contributed by atoms with Crippen molar-refractivity contribution in [3.63, 3.8) is 0 Å². The lowest BCUT2D eigenvalue weighted by molar-refractivity contribution is -0.117. The Kier molecular flexibility index (Phi) is 4.20. The number of ether oxygens (including phenoxy) is 1. The Morgan fingerprint density at radius 2 is 2.05 bits per heavy atom. The highest BCUT2D eigenvalue weighted by Gasteiger charge is 2.43. The third-order valence-electron chi connectivity index (χ3n) is 3.93. The van der Waals surface area contributed by atoms with Gasteiger partial charge in [-0.3, -0.25) is 4.79 Å². The number of carbonyl (C=O) groups excluding carboxylic acids is 1. The standard InChI is InChI=1S/C18H18FNO2/c1-22-11-12-3-2-4-15(9-12)20-18(21)17-10-16(17)13-5-7-14(19)8-6-13/h2-9,16-17H,10-11H2,1H3,(H,20,21). The highest BCUT2D eigenvalue weighted by Crippen LogP contribution is 2.47. The summed E-state index contributed by atoms with van der Waals surface area (Å²) in [5, 5.41) is 2.95. The highest BCUT2D eigenvalue weighted by atomic mass is 19.1. The van der Waals surface area contributed by atoms with Crippen LogP contribution in [0.15, 0.2) is 48.5 Å². The number of benzene rings is 2. The van der Waals surface area contributed by atoms with Crippen molar-refractivity contribution in [2.24, 2.45) is 5.92 Å². The summed E-state index contributed by atoms with van der Waals surface area (Å²) < 4.78 is 18.0. The summed E-state index contributed by atoms with van der Waals surface area (Å²) in [7, 11) is 1.64. The molecule has 0 aliphatic heterocycles. The molecule has 3 rings (SSSR count). The number of halogens is 1. The first-order valence-electron chi connectivity index (χ1n) is 7.31. The third kappa shape index (κ3) is 3.34. The minimum atomic E-state index is -0.250. The molecule has 2 atom stereocenters. The first-order valence-corrected chi connectivity index (χ1v) is 7.31. The van der Waals surface area contributed by atoms with Gasteiger partial charge in [-0.2, -0.15) is 0 Å². The topological polar surface area (TPSA) is 38.3 Å². The van der Waals surface area contributed by atoms with Crippen molar-refractivity contribution in [2.75, 3.05) is 12.4 Å². The molecule has 0 heterocycles. The van der Waals surface area contributed by atoms with Gasteiger partial charge in [0.05, 0.1) is 6.61 Å². The van der Waals surface area contributed by atoms with Crippen LogP contribution in [0.1, 0.15) is 23.5 Å². The zero-order chi connectivity index (χ0) is 15.5. The van der Waals surface area contributed by atoms with E-state index in [-0.39, 0.29) is 23.6 Å². The van der Waals surface area contributed by atoms with Gasteiger partial charge in [-0.1, -0.05) is 24.3 Å². The van der Waals surface area contributed by atoms with Crippen LogP contribution in [0.2, 0.25) is 0 Å². The molecule has 4 heteroatoms. The number of rotatable bonds is 5. The van der Waals surface area contributed by atoms with Gasteiger partial charge in [0.25, 0.3) is 0 Å². The second kappa shape index (κ2) is 6.28. The minimum absolute atomic E-state index is 0.0175. The predicted octanol–water partition coefficient (Wildman–Crippen LogP) is 3.71. The second-order valence-corrected chi connectivity index (χ2v) is 5.62. The van der Waals surface area contributed by atoms with Crippen LogP contribution in [0.25, 0.3) is 0 Å². The molecule has 0 radical (unpaired) electrons. The smallest absolute Gasteiger partial charge is 0.228 e. The van der Waals surface area contributed by atoms with Gasteiger partial charge in [0, 0.05) is 18.7 Å². The molecule has 1 aliphatic rings. The molecule has 0 spiro atoms. The zero-order valence-corrected chi connectivity index (χ0v) is 12.4. The van der Waals surface area contributed by atoms with Crippen LogP contribution in [0, 0.1) is 11.7 Å². The molecular weight excluding hydrogens is 281 g/mol. The van der Waals surface area contributed by atoms with Gasteiger partial charge < -0.3 is 10.1 Å². The van der Waals surface area contributed by atoms with Crippen molar-refractivity contribution < 1.29 is 13.9 Å². The van der Waals surface area contributed by atoms with Crippen molar-refractivity contribution in [1.82, 2.24) is 0 Å². The van der Waals surface area contributed by atoms with Crippen molar-refractivity contribution in [3.8, 4) is 0 Å². The summed E-state index contributed by atoms with van der Waals surface area (Å²) in [5.74, 6) is -0.0662. The third-order valence-corrected chi connectivity index (χ3v) is 3.93. The van der Waals surface area contributed by atoms with Crippen molar-refractivity contribution in [1.29, 1.82) is 0 Å². The van der Waals surface area contributed by atoms with Gasteiger partial charge in [0.2, 0.25) is 5.91 Å². The second-order valence-electron chi connectivity index (χ2n) is 5.62. The molecule has 114 valence electrons. The summed E-state index contributed by atoms with van der Waals surface area (Å²) in [6, 6.07) is 14.0. The van der Waals surface area contributed by atoms with Crippen molar-refractivity contribution >= 4 is 11.6 Å². The van der Waals surface area contributed by atoms with Crippen LogP contribution in [-0.4, -0.2) is 13.0 Å². The lowest BCUT2D eigenvalue weighted by Gasteiger charge is -2.07. The van der Waals surface area contributed by atoms with E-state index in [4.69, 9.17) is 4.74 Å². The van der Waals surface area contributed by atoms with Gasteiger partial charge in [0.15, 0.2) is 0 Å². The summed E-state index contributed by atoms with van der Waals surface area (Å²) in [5.41, 5.74) is 2.82. The average Bonchev–Trinajstić information content (AvgIpc) is 3.29. The number of nitrogens with one attached hydrogen (secondary N) is 1. The maximum atomic E-state index is 12.9. The number of amides is 1. The normalized spacial score (nSPS) is 19.7. The molecule has 0 bridgehead atoms. The fourth-order valence-electron chi connectivity index (χ4n) is 2.70. The molecule has 1 N–H and O–H groups in total. The zero-order valence-electron chi connectivity index (χ0n) is 12.4. The maximum absolute atomic E-state index is 12.9. The highest BCUT2D eigenvalue weighted by molar-refractivity contribution is 5.95. The first-order chi connectivity index (χ1) is 10.7. The number of hydrogen-bond acceptors (Lipinski definition) is 2. The Balaban J connectivity index is 1.61. The van der Waals surface area contributed by atoms with Crippen LogP contribution in [-0.2, 0) is 16.1 Å². The Labute approximate surface area is 129 Å². The van der Waals surface area contributed by atoms with Crippen LogP contribution >= 0.6 is 0 Å². The predicted molar refractivity (Wildman–Crippen MR) is 83.0 cm³/mol. The molecule has 2 unspecified atom stereocenters. The molecule has 0 aromatic heterocycles. The Morgan fingerprint density at radius 3 is 2.77 bits per heavy atom. The van der Waals surface area contributed by atoms with E-state index in [9.17, 15) is 9.18 Å². The lowest BCUT2D eigenvalue weighted by atomic mass is 10.1. The van der Waals surface area contributed by atoms with E-state index in [1.165, 1.54) is 12.1 Å². The Bertz CT molecular complexity index is 669. The van der Waals surface area contributed by atoms with Crippen LogP contribution in [0.3, 0.4) is 0 Å². The molecule has 2 aromatic rings. The minimum Gasteiger partial charge on any atom is -0.380 e. The fraction of sp³-hybridized carbons (Fsp3) is 0.278. The van der Waals surface area contributed by atoms with Crippen LogP contribution < -0.4 is 5.32 Å². The van der Waals surface area contributed by atoms with E-state index in [0.717, 1.165) is 23.2 Å². The summed E-state index contributed by atoms with van der Waals surface area (Å²) in [4.78, 5) is 12.3. The number of carbonyl (C=O) groups is 1. The maximum Gasteiger partial charge on any atom is 0.228 e. The first kappa shape index (κ1) is 14.7. The van der Waals surface area contributed by atoms with E-state index < -0.39 is 0 Å². The van der Waals surface area contributed by atoms with Gasteiger partial charge >= 0.3 is 0 Å². The average molecular weight is 299 g/mol. The van der Waals surface area contributed by atoms with Crippen molar-refractivity contribution in [3.05, 3.63) is 65.5 Å². The van der Waals surface area contributed by atoms with E-state index in [2.05, 4.69) is 5.32 Å². The summed E-state index contributed by atoms with van der Waals surface area (Å²) in [6.07, 6.45) is 0.815. The molecule has 1 amide bonds. The quantitative estimate of drug-likeness (QED) is 0.914. The van der Waals surface area contributed by atoms with E-state index in [1.807, 2.05) is 24.3 Å². The molecule has 2 aromatic carbocycles. The Hall–Kier alpha value is -2.20. The number of anilines is 1. The van der Waals surface area contributed by atoms with E-state index in [0.29, 0.717) is 6.61 Å². The monoisotopic (exact) mass is 299 g/mol. The molecule has 0 saturated heterocycles. The largest absolute Gasteiger partial charge is 0.380 e. The summed E-state index contributed by atoms with van der Waals surface area (Å²) >= 11 is 0. The van der Waals surface area contributed by atoms with Gasteiger partial charge in [-0.05, 0) is 47.7 Å². The number of hydrogen-bond donors (Lipinski definition) is 1. The molecule has 22 heavy (non-hydrogen) atoms. The lowest BCUT2D eigenvalue weighted by Crippen LogP contribution is -2.14. The van der Waals surface area contributed by atoms with E-state index >= 15 is 0 Å². The molecule has 3 nitrogen and oxygen atoms in total. The van der Waals surface area contributed by atoms with Crippen molar-refractivity contribution in [2.45, 2.75) is 18.9 Å².